The van der Waals surface area contributed by atoms with Crippen molar-refractivity contribution in [1.29, 1.82) is 5.26 Å². The lowest BCUT2D eigenvalue weighted by Gasteiger charge is -2.06. The zero-order chi connectivity index (χ0) is 15.4. The summed E-state index contributed by atoms with van der Waals surface area (Å²) in [5.41, 5.74) is 1.88. The van der Waals surface area contributed by atoms with Crippen LogP contribution in [0.15, 0.2) is 36.5 Å². The molecular formula is C16H14N2O3. The van der Waals surface area contributed by atoms with Crippen LogP contribution in [0.1, 0.15) is 38.9 Å². The van der Waals surface area contributed by atoms with Gasteiger partial charge in [0.05, 0.1) is 11.6 Å². The molecule has 5 nitrogen and oxygen atoms in total. The van der Waals surface area contributed by atoms with E-state index in [2.05, 4.69) is 0 Å². The maximum absolute atomic E-state index is 12.0. The molecule has 0 saturated carbocycles. The van der Waals surface area contributed by atoms with E-state index in [9.17, 15) is 9.59 Å². The van der Waals surface area contributed by atoms with Gasteiger partial charge in [0, 0.05) is 24.4 Å². The summed E-state index contributed by atoms with van der Waals surface area (Å²) < 4.78 is 6.76. The van der Waals surface area contributed by atoms with Crippen molar-refractivity contribution in [2.75, 3.05) is 0 Å². The maximum Gasteiger partial charge on any atom is 0.355 e. The first kappa shape index (κ1) is 14.5. The Labute approximate surface area is 122 Å². The van der Waals surface area contributed by atoms with Gasteiger partial charge in [0.1, 0.15) is 12.3 Å². The van der Waals surface area contributed by atoms with Crippen molar-refractivity contribution in [3.8, 4) is 6.07 Å². The highest BCUT2D eigenvalue weighted by molar-refractivity contribution is 5.97. The Morgan fingerprint density at radius 2 is 2.05 bits per heavy atom. The first-order valence-electron chi connectivity index (χ1n) is 6.35. The molecule has 0 fully saturated rings. The number of aryl methyl sites for hydroxylation is 1. The number of Topliss-reactive ketones (excluding diaryl/α,β-unsaturated/α-hetero) is 1. The molecule has 0 amide bonds. The van der Waals surface area contributed by atoms with E-state index in [0.29, 0.717) is 22.4 Å². The number of rotatable bonds is 4. The molecule has 1 aromatic carbocycles. The minimum Gasteiger partial charge on any atom is -0.456 e. The predicted molar refractivity (Wildman–Crippen MR) is 75.7 cm³/mol. The average Bonchev–Trinajstić information content (AvgIpc) is 2.87. The van der Waals surface area contributed by atoms with Gasteiger partial charge in [-0.1, -0.05) is 18.2 Å². The summed E-state index contributed by atoms with van der Waals surface area (Å²) >= 11 is 0. The molecule has 0 aliphatic carbocycles. The number of nitrogens with zero attached hydrogens (tertiary/aromatic N) is 2. The van der Waals surface area contributed by atoms with E-state index in [1.54, 1.807) is 42.1 Å². The van der Waals surface area contributed by atoms with E-state index in [0.717, 1.165) is 0 Å². The second-order valence-electron chi connectivity index (χ2n) is 4.63. The molecule has 106 valence electrons. The fourth-order valence-electron chi connectivity index (χ4n) is 1.93. The summed E-state index contributed by atoms with van der Waals surface area (Å²) in [6.07, 6.45) is 1.59. The van der Waals surface area contributed by atoms with Crippen molar-refractivity contribution in [3.63, 3.8) is 0 Å². The Morgan fingerprint density at radius 1 is 1.33 bits per heavy atom. The SMILES string of the molecule is CC(=O)c1cc(C(=O)OCc2ccccc2C#N)n(C)c1. The van der Waals surface area contributed by atoms with Gasteiger partial charge in [-0.25, -0.2) is 4.79 Å². The number of hydrogen-bond acceptors (Lipinski definition) is 4. The van der Waals surface area contributed by atoms with Gasteiger partial charge < -0.3 is 9.30 Å². The van der Waals surface area contributed by atoms with Gasteiger partial charge >= 0.3 is 5.97 Å². The molecule has 0 atom stereocenters. The summed E-state index contributed by atoms with van der Waals surface area (Å²) in [6, 6.07) is 10.5. The Balaban J connectivity index is 2.12. The number of ether oxygens (including phenoxy) is 1. The van der Waals surface area contributed by atoms with Crippen LogP contribution in [-0.4, -0.2) is 16.3 Å². The van der Waals surface area contributed by atoms with Crippen molar-refractivity contribution in [2.24, 2.45) is 7.05 Å². The number of benzene rings is 1. The van der Waals surface area contributed by atoms with Crippen LogP contribution in [0.4, 0.5) is 0 Å². The first-order chi connectivity index (χ1) is 10.0. The van der Waals surface area contributed by atoms with Crippen LogP contribution in [0.2, 0.25) is 0 Å². The minimum atomic E-state index is -0.530. The molecular weight excluding hydrogens is 268 g/mol. The van der Waals surface area contributed by atoms with Crippen LogP contribution in [0.3, 0.4) is 0 Å². The van der Waals surface area contributed by atoms with Crippen LogP contribution in [0, 0.1) is 11.3 Å². The summed E-state index contributed by atoms with van der Waals surface area (Å²) in [5, 5.41) is 8.98. The standard InChI is InChI=1S/C16H14N2O3/c1-11(19)14-7-15(18(2)9-14)16(20)21-10-13-6-4-3-5-12(13)8-17/h3-7,9H,10H2,1-2H3. The van der Waals surface area contributed by atoms with Crippen LogP contribution < -0.4 is 0 Å². The normalized spacial score (nSPS) is 9.95. The third kappa shape index (κ3) is 3.18. The highest BCUT2D eigenvalue weighted by Crippen LogP contribution is 2.13. The number of hydrogen-bond donors (Lipinski definition) is 0. The lowest BCUT2D eigenvalue weighted by molar-refractivity contribution is 0.0461. The fraction of sp³-hybridized carbons (Fsp3) is 0.188. The molecule has 0 saturated heterocycles. The third-order valence-electron chi connectivity index (χ3n) is 3.12. The molecule has 21 heavy (non-hydrogen) atoms. The van der Waals surface area contributed by atoms with E-state index in [1.165, 1.54) is 13.0 Å². The quantitative estimate of drug-likeness (QED) is 0.638. The van der Waals surface area contributed by atoms with Gasteiger partial charge in [-0.3, -0.25) is 4.79 Å². The minimum absolute atomic E-state index is 0.0170. The number of carbonyl (C=O) groups is 2. The molecule has 0 aliphatic heterocycles. The lowest BCUT2D eigenvalue weighted by atomic mass is 10.1. The number of nitriles is 1. The summed E-state index contributed by atoms with van der Waals surface area (Å²) in [7, 11) is 1.67. The molecule has 0 N–H and O–H groups in total. The van der Waals surface area contributed by atoms with E-state index in [1.807, 2.05) is 6.07 Å². The Hall–Kier alpha value is -2.87. The Kier molecular flexibility index (Phi) is 4.19. The molecule has 0 unspecified atom stereocenters. The van der Waals surface area contributed by atoms with Crippen LogP contribution in [0.5, 0.6) is 0 Å². The van der Waals surface area contributed by atoms with Crippen LogP contribution >= 0.6 is 0 Å². The number of aromatic nitrogens is 1. The molecule has 0 radical (unpaired) electrons. The van der Waals surface area contributed by atoms with Gasteiger partial charge in [0.25, 0.3) is 0 Å². The van der Waals surface area contributed by atoms with Gasteiger partial charge in [-0.15, -0.1) is 0 Å². The highest BCUT2D eigenvalue weighted by atomic mass is 16.5. The summed E-state index contributed by atoms with van der Waals surface area (Å²) in [6.45, 7) is 1.46. The predicted octanol–water partition coefficient (Wildman–Crippen LogP) is 2.46. The molecule has 0 aliphatic rings. The average molecular weight is 282 g/mol. The van der Waals surface area contributed by atoms with Gasteiger partial charge in [0.2, 0.25) is 0 Å². The van der Waals surface area contributed by atoms with Crippen LogP contribution in [0.25, 0.3) is 0 Å². The Bertz CT molecular complexity index is 738. The van der Waals surface area contributed by atoms with E-state index in [-0.39, 0.29) is 12.4 Å². The molecule has 5 heteroatoms. The smallest absolute Gasteiger partial charge is 0.355 e. The summed E-state index contributed by atoms with van der Waals surface area (Å²) in [4.78, 5) is 23.3. The van der Waals surface area contributed by atoms with Crippen molar-refractivity contribution in [1.82, 2.24) is 4.57 Å². The highest BCUT2D eigenvalue weighted by Gasteiger charge is 2.15. The topological polar surface area (TPSA) is 72.1 Å². The maximum atomic E-state index is 12.0. The fourth-order valence-corrected chi connectivity index (χ4v) is 1.93. The van der Waals surface area contributed by atoms with Gasteiger partial charge in [0.15, 0.2) is 5.78 Å². The van der Waals surface area contributed by atoms with Gasteiger partial charge in [-0.05, 0) is 19.1 Å². The first-order valence-corrected chi connectivity index (χ1v) is 6.35. The molecule has 0 bridgehead atoms. The molecule has 1 aromatic heterocycles. The molecule has 2 aromatic rings. The van der Waals surface area contributed by atoms with Crippen molar-refractivity contribution in [2.45, 2.75) is 13.5 Å². The molecule has 0 spiro atoms. The largest absolute Gasteiger partial charge is 0.456 e. The van der Waals surface area contributed by atoms with Crippen LogP contribution in [-0.2, 0) is 18.4 Å². The Morgan fingerprint density at radius 3 is 2.67 bits per heavy atom. The number of ketones is 1. The zero-order valence-corrected chi connectivity index (χ0v) is 11.8. The lowest BCUT2D eigenvalue weighted by Crippen LogP contribution is -2.10. The molecule has 2 rings (SSSR count). The second-order valence-corrected chi connectivity index (χ2v) is 4.63. The summed E-state index contributed by atoms with van der Waals surface area (Å²) in [5.74, 6) is -0.641. The van der Waals surface area contributed by atoms with Crippen molar-refractivity contribution >= 4 is 11.8 Å². The van der Waals surface area contributed by atoms with E-state index >= 15 is 0 Å². The monoisotopic (exact) mass is 282 g/mol. The number of carbonyl (C=O) groups excluding carboxylic acids is 2. The zero-order valence-electron chi connectivity index (χ0n) is 11.8. The van der Waals surface area contributed by atoms with E-state index < -0.39 is 5.97 Å². The second kappa shape index (κ2) is 6.06. The van der Waals surface area contributed by atoms with Crippen molar-refractivity contribution < 1.29 is 14.3 Å². The third-order valence-corrected chi connectivity index (χ3v) is 3.12. The van der Waals surface area contributed by atoms with Crippen molar-refractivity contribution in [3.05, 3.63) is 58.9 Å². The van der Waals surface area contributed by atoms with E-state index in [4.69, 9.17) is 10.00 Å². The van der Waals surface area contributed by atoms with Gasteiger partial charge in [-0.2, -0.15) is 5.26 Å². The number of esters is 1. The molecule has 1 heterocycles.